The zero-order chi connectivity index (χ0) is 18.2. The number of hydrogen-bond acceptors (Lipinski definition) is 3. The number of benzene rings is 2. The number of aryl methyl sites for hydroxylation is 4. The summed E-state index contributed by atoms with van der Waals surface area (Å²) in [6.07, 6.45) is 1.78. The lowest BCUT2D eigenvalue weighted by atomic mass is 9.80. The van der Waals surface area contributed by atoms with Crippen LogP contribution in [0.15, 0.2) is 41.3 Å². The SMILES string of the molecule is Cc1cc(C)c(S(=O)(=O)NCC2(O)CCc3ccccc3C2)cc1C. The fraction of sp³-hybridized carbons (Fsp3) is 0.400. The fourth-order valence-corrected chi connectivity index (χ4v) is 4.89. The molecule has 0 amide bonds. The Morgan fingerprint density at radius 1 is 1.04 bits per heavy atom. The molecule has 0 aliphatic heterocycles. The Hall–Kier alpha value is -1.69. The van der Waals surface area contributed by atoms with Gasteiger partial charge in [-0.25, -0.2) is 13.1 Å². The minimum atomic E-state index is -3.66. The van der Waals surface area contributed by atoms with Crippen molar-refractivity contribution in [3.05, 3.63) is 64.2 Å². The predicted octanol–water partition coefficient (Wildman–Crippen LogP) is 2.81. The van der Waals surface area contributed by atoms with Crippen molar-refractivity contribution in [3.8, 4) is 0 Å². The first kappa shape index (κ1) is 18.1. The molecule has 0 fully saturated rings. The van der Waals surface area contributed by atoms with Crippen LogP contribution in [0, 0.1) is 20.8 Å². The average molecular weight is 359 g/mol. The molecule has 1 aliphatic carbocycles. The quantitative estimate of drug-likeness (QED) is 0.882. The lowest BCUT2D eigenvalue weighted by molar-refractivity contribution is 0.0317. The van der Waals surface area contributed by atoms with Crippen LogP contribution in [0.2, 0.25) is 0 Å². The Balaban J connectivity index is 1.78. The van der Waals surface area contributed by atoms with Crippen molar-refractivity contribution >= 4 is 10.0 Å². The van der Waals surface area contributed by atoms with E-state index >= 15 is 0 Å². The molecule has 3 rings (SSSR count). The molecule has 0 aromatic heterocycles. The number of rotatable bonds is 4. The molecular weight excluding hydrogens is 334 g/mol. The molecule has 2 aromatic carbocycles. The van der Waals surface area contributed by atoms with E-state index in [0.717, 1.165) is 28.7 Å². The zero-order valence-corrected chi connectivity index (χ0v) is 15.8. The molecule has 1 unspecified atom stereocenters. The van der Waals surface area contributed by atoms with Crippen molar-refractivity contribution in [3.63, 3.8) is 0 Å². The van der Waals surface area contributed by atoms with Gasteiger partial charge in [-0.05, 0) is 67.5 Å². The van der Waals surface area contributed by atoms with Crippen LogP contribution in [0.25, 0.3) is 0 Å². The molecule has 1 atom stereocenters. The van der Waals surface area contributed by atoms with Gasteiger partial charge in [0.05, 0.1) is 10.5 Å². The van der Waals surface area contributed by atoms with Crippen LogP contribution in [-0.4, -0.2) is 25.7 Å². The van der Waals surface area contributed by atoms with Crippen LogP contribution in [0.3, 0.4) is 0 Å². The molecule has 0 heterocycles. The lowest BCUT2D eigenvalue weighted by Crippen LogP contribution is -2.46. The standard InChI is InChI=1S/C20H25NO3S/c1-14-10-16(3)19(11-15(14)2)25(23,24)21-13-20(22)9-8-17-6-4-5-7-18(17)12-20/h4-7,10-11,21-22H,8-9,12-13H2,1-3H3. The number of sulfonamides is 1. The van der Waals surface area contributed by atoms with Gasteiger partial charge < -0.3 is 5.11 Å². The maximum absolute atomic E-state index is 12.7. The van der Waals surface area contributed by atoms with Crippen molar-refractivity contribution in [1.29, 1.82) is 0 Å². The van der Waals surface area contributed by atoms with Crippen molar-refractivity contribution in [1.82, 2.24) is 4.72 Å². The largest absolute Gasteiger partial charge is 0.388 e. The summed E-state index contributed by atoms with van der Waals surface area (Å²) in [7, 11) is -3.66. The molecule has 4 nitrogen and oxygen atoms in total. The highest BCUT2D eigenvalue weighted by atomic mass is 32.2. The molecule has 0 saturated carbocycles. The van der Waals surface area contributed by atoms with Crippen molar-refractivity contribution in [2.24, 2.45) is 0 Å². The Morgan fingerprint density at radius 3 is 2.40 bits per heavy atom. The number of nitrogens with one attached hydrogen (secondary N) is 1. The summed E-state index contributed by atoms with van der Waals surface area (Å²) in [6, 6.07) is 11.6. The van der Waals surface area contributed by atoms with Gasteiger partial charge in [0.1, 0.15) is 0 Å². The van der Waals surface area contributed by atoms with Gasteiger partial charge in [-0.2, -0.15) is 0 Å². The van der Waals surface area contributed by atoms with Gasteiger partial charge in [-0.3, -0.25) is 0 Å². The predicted molar refractivity (Wildman–Crippen MR) is 99.3 cm³/mol. The second-order valence-electron chi connectivity index (χ2n) is 7.20. The molecule has 2 N–H and O–H groups in total. The summed E-state index contributed by atoms with van der Waals surface area (Å²) in [5.41, 5.74) is 4.01. The van der Waals surface area contributed by atoms with Gasteiger partial charge in [-0.1, -0.05) is 30.3 Å². The van der Waals surface area contributed by atoms with Gasteiger partial charge in [-0.15, -0.1) is 0 Å². The van der Waals surface area contributed by atoms with Gasteiger partial charge in [0.25, 0.3) is 0 Å². The van der Waals surface area contributed by atoms with Crippen molar-refractivity contribution < 1.29 is 13.5 Å². The van der Waals surface area contributed by atoms with E-state index in [2.05, 4.69) is 10.8 Å². The summed E-state index contributed by atoms with van der Waals surface area (Å²) in [5, 5.41) is 10.9. The Bertz CT molecular complexity index is 905. The topological polar surface area (TPSA) is 66.4 Å². The molecular formula is C20H25NO3S. The van der Waals surface area contributed by atoms with E-state index in [1.54, 1.807) is 13.0 Å². The van der Waals surface area contributed by atoms with E-state index in [1.165, 1.54) is 5.56 Å². The minimum Gasteiger partial charge on any atom is -0.388 e. The molecule has 0 radical (unpaired) electrons. The summed E-state index contributed by atoms with van der Waals surface area (Å²) in [4.78, 5) is 0.287. The molecule has 134 valence electrons. The van der Waals surface area contributed by atoms with Gasteiger partial charge in [0.15, 0.2) is 0 Å². The van der Waals surface area contributed by atoms with Crippen LogP contribution in [-0.2, 0) is 22.9 Å². The highest BCUT2D eigenvalue weighted by Gasteiger charge is 2.33. The fourth-order valence-electron chi connectivity index (χ4n) is 3.47. The van der Waals surface area contributed by atoms with Crippen LogP contribution in [0.1, 0.15) is 34.2 Å². The first-order chi connectivity index (χ1) is 11.7. The zero-order valence-electron chi connectivity index (χ0n) is 15.0. The van der Waals surface area contributed by atoms with Gasteiger partial charge in [0.2, 0.25) is 10.0 Å². The van der Waals surface area contributed by atoms with E-state index in [0.29, 0.717) is 12.8 Å². The molecule has 0 bridgehead atoms. The van der Waals surface area contributed by atoms with E-state index in [4.69, 9.17) is 0 Å². The monoisotopic (exact) mass is 359 g/mol. The summed E-state index contributed by atoms with van der Waals surface area (Å²) >= 11 is 0. The summed E-state index contributed by atoms with van der Waals surface area (Å²) in [5.74, 6) is 0. The van der Waals surface area contributed by atoms with Gasteiger partial charge >= 0.3 is 0 Å². The maximum Gasteiger partial charge on any atom is 0.240 e. The molecule has 2 aromatic rings. The third-order valence-electron chi connectivity index (χ3n) is 5.17. The van der Waals surface area contributed by atoms with Crippen molar-refractivity contribution in [2.45, 2.75) is 50.5 Å². The van der Waals surface area contributed by atoms with Crippen LogP contribution in [0.4, 0.5) is 0 Å². The average Bonchev–Trinajstić information content (AvgIpc) is 2.56. The van der Waals surface area contributed by atoms with Gasteiger partial charge in [0, 0.05) is 13.0 Å². The maximum atomic E-state index is 12.7. The Labute approximate surface area is 150 Å². The van der Waals surface area contributed by atoms with Crippen molar-refractivity contribution in [2.75, 3.05) is 6.54 Å². The summed E-state index contributed by atoms with van der Waals surface area (Å²) < 4.78 is 28.1. The second kappa shape index (κ2) is 6.56. The molecule has 25 heavy (non-hydrogen) atoms. The highest BCUT2D eigenvalue weighted by molar-refractivity contribution is 7.89. The normalized spacial score (nSPS) is 20.3. The van der Waals surface area contributed by atoms with E-state index < -0.39 is 15.6 Å². The van der Waals surface area contributed by atoms with Crippen LogP contribution >= 0.6 is 0 Å². The molecule has 0 spiro atoms. The lowest BCUT2D eigenvalue weighted by Gasteiger charge is -2.33. The highest BCUT2D eigenvalue weighted by Crippen LogP contribution is 2.29. The Kier molecular flexibility index (Phi) is 4.75. The third kappa shape index (κ3) is 3.78. The molecule has 5 heteroatoms. The minimum absolute atomic E-state index is 0.0238. The van der Waals surface area contributed by atoms with Crippen LogP contribution in [0.5, 0.6) is 0 Å². The number of fused-ring (bicyclic) bond motifs is 1. The number of aliphatic hydroxyl groups is 1. The third-order valence-corrected chi connectivity index (χ3v) is 6.71. The number of hydrogen-bond donors (Lipinski definition) is 2. The second-order valence-corrected chi connectivity index (χ2v) is 8.93. The smallest absolute Gasteiger partial charge is 0.240 e. The van der Waals surface area contributed by atoms with Crippen LogP contribution < -0.4 is 4.72 Å². The Morgan fingerprint density at radius 2 is 1.68 bits per heavy atom. The first-order valence-corrected chi connectivity index (χ1v) is 10.1. The van der Waals surface area contributed by atoms with E-state index in [-0.39, 0.29) is 11.4 Å². The first-order valence-electron chi connectivity index (χ1n) is 8.57. The molecule has 1 aliphatic rings. The molecule has 0 saturated heterocycles. The van der Waals surface area contributed by atoms with E-state index in [9.17, 15) is 13.5 Å². The summed E-state index contributed by atoms with van der Waals surface area (Å²) in [6.45, 7) is 5.69. The van der Waals surface area contributed by atoms with E-state index in [1.807, 2.05) is 38.1 Å².